The van der Waals surface area contributed by atoms with Gasteiger partial charge in [-0.1, -0.05) is 18.6 Å². The Balaban J connectivity index is 2.44. The molecule has 0 heterocycles. The first kappa shape index (κ1) is 21.4. The van der Waals surface area contributed by atoms with Crippen molar-refractivity contribution in [3.05, 3.63) is 22.8 Å². The van der Waals surface area contributed by atoms with E-state index in [-0.39, 0.29) is 41.6 Å². The van der Waals surface area contributed by atoms with E-state index in [0.29, 0.717) is 24.8 Å². The zero-order valence-corrected chi connectivity index (χ0v) is 17.5. The Morgan fingerprint density at radius 1 is 1.19 bits per heavy atom. The van der Waals surface area contributed by atoms with Crippen molar-refractivity contribution in [2.45, 2.75) is 79.4 Å². The van der Waals surface area contributed by atoms with Crippen LogP contribution >= 0.6 is 0 Å². The number of carbonyl (C=O) groups is 3. The normalized spacial score (nSPS) is 29.3. The van der Waals surface area contributed by atoms with Gasteiger partial charge in [-0.25, -0.2) is 4.79 Å². The van der Waals surface area contributed by atoms with Crippen LogP contribution in [0.5, 0.6) is 0 Å². The SMILES string of the molecule is C/C=C(/C)C(=O)OC1C[C@H](C)[C@H]2CC(=O)C(C)=C2C[C@@H]1C(C)(C)OC(C)=O. The molecule has 5 heteroatoms. The summed E-state index contributed by atoms with van der Waals surface area (Å²) >= 11 is 0. The third-order valence-corrected chi connectivity index (χ3v) is 6.25. The zero-order valence-electron chi connectivity index (χ0n) is 17.5. The van der Waals surface area contributed by atoms with Crippen LogP contribution in [-0.4, -0.2) is 29.4 Å². The average molecular weight is 376 g/mol. The van der Waals surface area contributed by atoms with Crippen LogP contribution in [0.15, 0.2) is 22.8 Å². The van der Waals surface area contributed by atoms with Gasteiger partial charge in [-0.05, 0) is 64.9 Å². The second kappa shape index (κ2) is 7.99. The predicted octanol–water partition coefficient (Wildman–Crippen LogP) is 4.16. The van der Waals surface area contributed by atoms with Gasteiger partial charge in [0.2, 0.25) is 0 Å². The van der Waals surface area contributed by atoms with E-state index in [0.717, 1.165) is 11.1 Å². The highest BCUT2D eigenvalue weighted by atomic mass is 16.6. The number of allylic oxidation sites excluding steroid dienone is 3. The molecule has 0 amide bonds. The molecule has 1 saturated carbocycles. The average Bonchev–Trinajstić information content (AvgIpc) is 2.76. The summed E-state index contributed by atoms with van der Waals surface area (Å²) in [7, 11) is 0. The minimum Gasteiger partial charge on any atom is -0.459 e. The van der Waals surface area contributed by atoms with Gasteiger partial charge in [0.1, 0.15) is 11.7 Å². The number of hydrogen-bond acceptors (Lipinski definition) is 5. The van der Waals surface area contributed by atoms with E-state index in [1.54, 1.807) is 19.9 Å². The molecule has 1 fully saturated rings. The van der Waals surface area contributed by atoms with Crippen molar-refractivity contribution in [2.24, 2.45) is 17.8 Å². The Morgan fingerprint density at radius 3 is 2.37 bits per heavy atom. The van der Waals surface area contributed by atoms with Crippen molar-refractivity contribution in [2.75, 3.05) is 0 Å². The fourth-order valence-corrected chi connectivity index (χ4v) is 4.46. The second-order valence-corrected chi connectivity index (χ2v) is 8.52. The fourth-order valence-electron chi connectivity index (χ4n) is 4.46. The molecule has 0 saturated heterocycles. The van der Waals surface area contributed by atoms with E-state index < -0.39 is 5.60 Å². The second-order valence-electron chi connectivity index (χ2n) is 8.52. The molecule has 1 unspecified atom stereocenters. The van der Waals surface area contributed by atoms with Crippen LogP contribution in [0.2, 0.25) is 0 Å². The third-order valence-electron chi connectivity index (χ3n) is 6.25. The van der Waals surface area contributed by atoms with E-state index in [4.69, 9.17) is 9.47 Å². The molecule has 0 spiro atoms. The molecule has 2 aliphatic carbocycles. The van der Waals surface area contributed by atoms with Gasteiger partial charge in [0, 0.05) is 24.8 Å². The number of rotatable bonds is 4. The lowest BCUT2D eigenvalue weighted by Gasteiger charge is -2.38. The van der Waals surface area contributed by atoms with E-state index in [2.05, 4.69) is 6.92 Å². The third kappa shape index (κ3) is 4.50. The van der Waals surface area contributed by atoms with E-state index >= 15 is 0 Å². The van der Waals surface area contributed by atoms with E-state index in [1.165, 1.54) is 6.92 Å². The van der Waals surface area contributed by atoms with Crippen molar-refractivity contribution in [3.8, 4) is 0 Å². The molecular formula is C22H32O5. The summed E-state index contributed by atoms with van der Waals surface area (Å²) < 4.78 is 11.5. The van der Waals surface area contributed by atoms with Gasteiger partial charge in [0.15, 0.2) is 5.78 Å². The zero-order chi connectivity index (χ0) is 20.5. The van der Waals surface area contributed by atoms with Crippen molar-refractivity contribution in [3.63, 3.8) is 0 Å². The minimum atomic E-state index is -0.811. The topological polar surface area (TPSA) is 69.7 Å². The number of hydrogen-bond donors (Lipinski definition) is 0. The molecule has 4 atom stereocenters. The Kier molecular flexibility index (Phi) is 6.33. The van der Waals surface area contributed by atoms with Crippen LogP contribution < -0.4 is 0 Å². The van der Waals surface area contributed by atoms with Crippen LogP contribution in [0.1, 0.15) is 67.7 Å². The van der Waals surface area contributed by atoms with Crippen molar-refractivity contribution in [1.82, 2.24) is 0 Å². The molecule has 5 nitrogen and oxygen atoms in total. The molecule has 0 bridgehead atoms. The summed E-state index contributed by atoms with van der Waals surface area (Å²) in [5.74, 6) is -0.323. The van der Waals surface area contributed by atoms with Gasteiger partial charge in [-0.15, -0.1) is 0 Å². The molecule has 0 radical (unpaired) electrons. The molecule has 0 aromatic carbocycles. The maximum absolute atomic E-state index is 12.5. The van der Waals surface area contributed by atoms with Crippen molar-refractivity contribution < 1.29 is 23.9 Å². The lowest BCUT2D eigenvalue weighted by atomic mass is 9.80. The molecule has 0 aromatic rings. The molecule has 0 aliphatic heterocycles. The maximum atomic E-state index is 12.5. The quantitative estimate of drug-likeness (QED) is 0.544. The number of ketones is 1. The first-order valence-electron chi connectivity index (χ1n) is 9.74. The van der Waals surface area contributed by atoms with Gasteiger partial charge in [-0.3, -0.25) is 9.59 Å². The van der Waals surface area contributed by atoms with Gasteiger partial charge >= 0.3 is 11.9 Å². The smallest absolute Gasteiger partial charge is 0.333 e. The van der Waals surface area contributed by atoms with Crippen molar-refractivity contribution >= 4 is 17.7 Å². The predicted molar refractivity (Wildman–Crippen MR) is 103 cm³/mol. The largest absolute Gasteiger partial charge is 0.459 e. The maximum Gasteiger partial charge on any atom is 0.333 e. The molecule has 150 valence electrons. The summed E-state index contributed by atoms with van der Waals surface area (Å²) in [5.41, 5.74) is 1.71. The van der Waals surface area contributed by atoms with Crippen molar-refractivity contribution in [1.29, 1.82) is 0 Å². The van der Waals surface area contributed by atoms with E-state index in [9.17, 15) is 14.4 Å². The van der Waals surface area contributed by atoms with Gasteiger partial charge in [-0.2, -0.15) is 0 Å². The van der Waals surface area contributed by atoms with Crippen LogP contribution in [0, 0.1) is 17.8 Å². The highest BCUT2D eigenvalue weighted by Crippen LogP contribution is 2.47. The van der Waals surface area contributed by atoms with Crippen LogP contribution in [0.3, 0.4) is 0 Å². The van der Waals surface area contributed by atoms with Gasteiger partial charge in [0.05, 0.1) is 0 Å². The molecule has 2 rings (SSSR count). The summed E-state index contributed by atoms with van der Waals surface area (Å²) in [6, 6.07) is 0. The highest BCUT2D eigenvalue weighted by molar-refractivity contribution is 5.98. The first-order chi connectivity index (χ1) is 12.5. The number of fused-ring (bicyclic) bond motifs is 1. The van der Waals surface area contributed by atoms with Crippen LogP contribution in [0.25, 0.3) is 0 Å². The standard InChI is InChI=1S/C22H32O5/c1-8-12(2)21(25)26-20-9-13(3)16-11-19(24)14(4)17(16)10-18(20)22(6,7)27-15(5)23/h8,13,16,18,20H,9-11H2,1-7H3/b12-8-/t13-,16+,18-,20?/m0/s1. The number of ether oxygens (including phenoxy) is 2. The first-order valence-corrected chi connectivity index (χ1v) is 9.74. The van der Waals surface area contributed by atoms with Gasteiger partial charge < -0.3 is 9.47 Å². The number of Topliss-reactive ketones (excluding diaryl/α,β-unsaturated/α-hetero) is 1. The Hall–Kier alpha value is -1.91. The lowest BCUT2D eigenvalue weighted by Crippen LogP contribution is -2.44. The highest BCUT2D eigenvalue weighted by Gasteiger charge is 2.47. The summed E-state index contributed by atoms with van der Waals surface area (Å²) in [4.78, 5) is 36.4. The summed E-state index contributed by atoms with van der Waals surface area (Å²) in [6.07, 6.45) is 3.12. The fraction of sp³-hybridized carbons (Fsp3) is 0.682. The number of esters is 2. The molecule has 0 N–H and O–H groups in total. The lowest BCUT2D eigenvalue weighted by molar-refractivity contribution is -0.170. The molecular weight excluding hydrogens is 344 g/mol. The number of carbonyl (C=O) groups excluding carboxylic acids is 3. The summed E-state index contributed by atoms with van der Waals surface area (Å²) in [5, 5.41) is 0. The Morgan fingerprint density at radius 2 is 1.81 bits per heavy atom. The summed E-state index contributed by atoms with van der Waals surface area (Å²) in [6.45, 7) is 12.6. The minimum absolute atomic E-state index is 0.180. The molecule has 0 aromatic heterocycles. The van der Waals surface area contributed by atoms with Crippen LogP contribution in [-0.2, 0) is 23.9 Å². The molecule has 27 heavy (non-hydrogen) atoms. The van der Waals surface area contributed by atoms with Gasteiger partial charge in [0.25, 0.3) is 0 Å². The monoisotopic (exact) mass is 376 g/mol. The Bertz CT molecular complexity index is 697. The van der Waals surface area contributed by atoms with E-state index in [1.807, 2.05) is 20.8 Å². The Labute approximate surface area is 162 Å². The molecule has 2 aliphatic rings. The van der Waals surface area contributed by atoms with Crippen LogP contribution in [0.4, 0.5) is 0 Å².